The summed E-state index contributed by atoms with van der Waals surface area (Å²) >= 11 is 0. The third kappa shape index (κ3) is 3.28. The van der Waals surface area contributed by atoms with Gasteiger partial charge in [-0.2, -0.15) is 0 Å². The molecule has 1 heterocycles. The molecule has 2 aromatic rings. The van der Waals surface area contributed by atoms with Gasteiger partial charge >= 0.3 is 0 Å². The number of hydrogen-bond acceptors (Lipinski definition) is 3. The van der Waals surface area contributed by atoms with Gasteiger partial charge in [0.05, 0.1) is 24.3 Å². The van der Waals surface area contributed by atoms with Gasteiger partial charge in [-0.05, 0) is 49.1 Å². The van der Waals surface area contributed by atoms with Crippen LogP contribution in [-0.2, 0) is 0 Å². The normalized spacial score (nSPS) is 27.2. The summed E-state index contributed by atoms with van der Waals surface area (Å²) < 4.78 is 19.6. The van der Waals surface area contributed by atoms with Gasteiger partial charge in [0.15, 0.2) is 0 Å². The van der Waals surface area contributed by atoms with Crippen LogP contribution in [0.4, 0.5) is 4.39 Å². The van der Waals surface area contributed by atoms with Gasteiger partial charge in [-0.3, -0.25) is 4.79 Å². The fraction of sp³-hybridized carbons (Fsp3) is 0.435. The number of amides is 1. The van der Waals surface area contributed by atoms with Crippen LogP contribution in [0, 0.1) is 11.7 Å². The highest BCUT2D eigenvalue weighted by atomic mass is 19.1. The number of carbonyl (C=O) groups is 1. The standard InChI is InChI=1S/C23H26FNO3/c1-28-17-11-9-16(10-12-17)21-19-7-4-5-13-23(19,27)14-15-25(21)22(26)18-6-2-3-8-20(18)24/h2-3,6,8-12,19,21,27H,4-5,7,13-15H2,1H3/t19-,21-,23+/m1/s1. The number of likely N-dealkylation sites (tertiary alicyclic amines) is 1. The van der Waals surface area contributed by atoms with E-state index in [9.17, 15) is 14.3 Å². The smallest absolute Gasteiger partial charge is 0.257 e. The van der Waals surface area contributed by atoms with Crippen molar-refractivity contribution < 1.29 is 19.0 Å². The van der Waals surface area contributed by atoms with E-state index in [0.29, 0.717) is 13.0 Å². The maximum Gasteiger partial charge on any atom is 0.257 e. The van der Waals surface area contributed by atoms with Gasteiger partial charge in [0.1, 0.15) is 11.6 Å². The van der Waals surface area contributed by atoms with Gasteiger partial charge < -0.3 is 14.7 Å². The van der Waals surface area contributed by atoms with E-state index in [0.717, 1.165) is 37.0 Å². The van der Waals surface area contributed by atoms with Crippen LogP contribution in [0.3, 0.4) is 0 Å². The van der Waals surface area contributed by atoms with Crippen molar-refractivity contribution in [1.29, 1.82) is 0 Å². The number of carbonyl (C=O) groups excluding carboxylic acids is 1. The fourth-order valence-electron chi connectivity index (χ4n) is 4.91. The minimum Gasteiger partial charge on any atom is -0.497 e. The largest absolute Gasteiger partial charge is 0.497 e. The Morgan fingerprint density at radius 2 is 1.89 bits per heavy atom. The molecule has 0 radical (unpaired) electrons. The highest BCUT2D eigenvalue weighted by molar-refractivity contribution is 5.95. The second-order valence-corrected chi connectivity index (χ2v) is 7.90. The Morgan fingerprint density at radius 1 is 1.14 bits per heavy atom. The molecule has 0 bridgehead atoms. The Labute approximate surface area is 164 Å². The molecule has 1 saturated heterocycles. The third-order valence-corrected chi connectivity index (χ3v) is 6.39. The summed E-state index contributed by atoms with van der Waals surface area (Å²) in [6.45, 7) is 0.414. The van der Waals surface area contributed by atoms with E-state index in [1.165, 1.54) is 12.1 Å². The molecule has 3 atom stereocenters. The van der Waals surface area contributed by atoms with E-state index in [1.54, 1.807) is 24.1 Å². The number of nitrogens with zero attached hydrogens (tertiary/aromatic N) is 1. The number of halogens is 1. The summed E-state index contributed by atoms with van der Waals surface area (Å²) in [5.74, 6) is -0.137. The van der Waals surface area contributed by atoms with E-state index in [2.05, 4.69) is 0 Å². The monoisotopic (exact) mass is 383 g/mol. The van der Waals surface area contributed by atoms with Crippen LogP contribution >= 0.6 is 0 Å². The molecule has 4 rings (SSSR count). The molecule has 1 N–H and O–H groups in total. The summed E-state index contributed by atoms with van der Waals surface area (Å²) in [5.41, 5.74) is 0.271. The number of fused-ring (bicyclic) bond motifs is 1. The lowest BCUT2D eigenvalue weighted by atomic mass is 9.66. The zero-order chi connectivity index (χ0) is 19.7. The number of aliphatic hydroxyl groups is 1. The topological polar surface area (TPSA) is 49.8 Å². The van der Waals surface area contributed by atoms with Crippen LogP contribution in [0.2, 0.25) is 0 Å². The number of hydrogen-bond donors (Lipinski definition) is 1. The van der Waals surface area contributed by atoms with Gasteiger partial charge in [-0.25, -0.2) is 4.39 Å². The first kappa shape index (κ1) is 18.9. The first-order valence-electron chi connectivity index (χ1n) is 9.95. The van der Waals surface area contributed by atoms with E-state index in [-0.39, 0.29) is 23.4 Å². The van der Waals surface area contributed by atoms with Crippen LogP contribution in [0.5, 0.6) is 5.75 Å². The van der Waals surface area contributed by atoms with Crippen molar-refractivity contribution >= 4 is 5.91 Å². The summed E-state index contributed by atoms with van der Waals surface area (Å²) in [7, 11) is 1.61. The lowest BCUT2D eigenvalue weighted by Gasteiger charge is -2.52. The van der Waals surface area contributed by atoms with Crippen molar-refractivity contribution in [3.05, 3.63) is 65.5 Å². The molecule has 2 fully saturated rings. The summed E-state index contributed by atoms with van der Waals surface area (Å²) in [5, 5.41) is 11.3. The predicted molar refractivity (Wildman–Crippen MR) is 105 cm³/mol. The van der Waals surface area contributed by atoms with E-state index < -0.39 is 11.4 Å². The van der Waals surface area contributed by atoms with Crippen molar-refractivity contribution in [2.24, 2.45) is 5.92 Å². The third-order valence-electron chi connectivity index (χ3n) is 6.39. The Balaban J connectivity index is 1.75. The zero-order valence-electron chi connectivity index (χ0n) is 16.1. The molecule has 1 saturated carbocycles. The number of benzene rings is 2. The first-order chi connectivity index (χ1) is 13.5. The molecule has 1 aliphatic heterocycles. The number of methoxy groups -OCH3 is 1. The van der Waals surface area contributed by atoms with Gasteiger partial charge in [0, 0.05) is 12.5 Å². The SMILES string of the molecule is COc1ccc([C@@H]2[C@H]3CCCC[C@]3(O)CCN2C(=O)c2ccccc2F)cc1. The maximum atomic E-state index is 14.3. The van der Waals surface area contributed by atoms with Crippen molar-refractivity contribution in [2.45, 2.75) is 43.7 Å². The maximum absolute atomic E-state index is 14.3. The number of rotatable bonds is 3. The Hall–Kier alpha value is -2.40. The summed E-state index contributed by atoms with van der Waals surface area (Å²) in [4.78, 5) is 15.0. The molecular formula is C23H26FNO3. The fourth-order valence-corrected chi connectivity index (χ4v) is 4.91. The molecule has 0 spiro atoms. The number of piperidine rings is 1. The van der Waals surface area contributed by atoms with Gasteiger partial charge in [0.25, 0.3) is 5.91 Å². The lowest BCUT2D eigenvalue weighted by molar-refractivity contribution is -0.115. The molecule has 28 heavy (non-hydrogen) atoms. The van der Waals surface area contributed by atoms with Crippen LogP contribution in [0.15, 0.2) is 48.5 Å². The van der Waals surface area contributed by atoms with Gasteiger partial charge in [0.2, 0.25) is 0 Å². The van der Waals surface area contributed by atoms with Gasteiger partial charge in [-0.15, -0.1) is 0 Å². The minimum absolute atomic E-state index is 0.0564. The second kappa shape index (κ2) is 7.55. The van der Waals surface area contributed by atoms with E-state index in [1.807, 2.05) is 24.3 Å². The van der Waals surface area contributed by atoms with Crippen molar-refractivity contribution in [2.75, 3.05) is 13.7 Å². The highest BCUT2D eigenvalue weighted by Gasteiger charge is 2.50. The van der Waals surface area contributed by atoms with Crippen molar-refractivity contribution in [3.8, 4) is 5.75 Å². The van der Waals surface area contributed by atoms with E-state index in [4.69, 9.17) is 4.74 Å². The van der Waals surface area contributed by atoms with Crippen LogP contribution in [0.25, 0.3) is 0 Å². The molecule has 0 aromatic heterocycles. The Bertz CT molecular complexity index is 853. The summed E-state index contributed by atoms with van der Waals surface area (Å²) in [6, 6.07) is 13.5. The molecule has 0 unspecified atom stereocenters. The average Bonchev–Trinajstić information content (AvgIpc) is 2.72. The van der Waals surface area contributed by atoms with Crippen molar-refractivity contribution in [1.82, 2.24) is 4.90 Å². The molecule has 2 aliphatic rings. The molecule has 1 aliphatic carbocycles. The summed E-state index contributed by atoms with van der Waals surface area (Å²) in [6.07, 6.45) is 4.18. The minimum atomic E-state index is -0.769. The highest BCUT2D eigenvalue weighted by Crippen LogP contribution is 2.49. The van der Waals surface area contributed by atoms with Crippen molar-refractivity contribution in [3.63, 3.8) is 0 Å². The molecule has 2 aromatic carbocycles. The predicted octanol–water partition coefficient (Wildman–Crippen LogP) is 4.34. The Morgan fingerprint density at radius 3 is 2.61 bits per heavy atom. The molecule has 1 amide bonds. The first-order valence-corrected chi connectivity index (χ1v) is 9.95. The zero-order valence-corrected chi connectivity index (χ0v) is 16.1. The van der Waals surface area contributed by atoms with Crippen LogP contribution in [-0.4, -0.2) is 35.2 Å². The van der Waals surface area contributed by atoms with Gasteiger partial charge in [-0.1, -0.05) is 37.1 Å². The lowest BCUT2D eigenvalue weighted by Crippen LogP contribution is -2.56. The Kier molecular flexibility index (Phi) is 5.11. The number of ether oxygens (including phenoxy) is 1. The van der Waals surface area contributed by atoms with Crippen LogP contribution < -0.4 is 4.74 Å². The average molecular weight is 383 g/mol. The second-order valence-electron chi connectivity index (χ2n) is 7.90. The molecule has 148 valence electrons. The quantitative estimate of drug-likeness (QED) is 0.858. The van der Waals surface area contributed by atoms with Crippen LogP contribution in [0.1, 0.15) is 54.1 Å². The van der Waals surface area contributed by atoms with E-state index >= 15 is 0 Å². The molecular weight excluding hydrogens is 357 g/mol. The molecule has 5 heteroatoms. The molecule has 4 nitrogen and oxygen atoms in total.